The van der Waals surface area contributed by atoms with Crippen LogP contribution in [-0.4, -0.2) is 39.9 Å². The van der Waals surface area contributed by atoms with Crippen LogP contribution in [0.4, 0.5) is 24.7 Å². The van der Waals surface area contributed by atoms with E-state index in [1.165, 1.54) is 18.6 Å². The number of hydrogen-bond donors (Lipinski definition) is 2. The Labute approximate surface area is 224 Å². The number of rotatable bonds is 6. The van der Waals surface area contributed by atoms with E-state index in [9.17, 15) is 22.8 Å². The third kappa shape index (κ3) is 6.31. The van der Waals surface area contributed by atoms with E-state index >= 15 is 0 Å². The molecule has 1 aromatic carbocycles. The average Bonchev–Trinajstić information content (AvgIpc) is 3.36. The van der Waals surface area contributed by atoms with Crippen LogP contribution in [-0.2, 0) is 6.18 Å². The number of amides is 2. The van der Waals surface area contributed by atoms with Gasteiger partial charge in [0.25, 0.3) is 11.8 Å². The lowest BCUT2D eigenvalue weighted by Crippen LogP contribution is -2.32. The topological polar surface area (TPSA) is 100 Å². The molecule has 0 spiro atoms. The standard InChI is InChI=1S/C23H21Cl2F3N6O2S/c1-12(32-21(36)18-17(25)19(31-11-30-18)34-7-3-2-4-8-34)22-29-10-16(37-22)20(35)33-13-5-6-15(24)14(9-13)23(26,27)28/h5-6,9-12H,2-4,7-8H2,1H3,(H,32,36)(H,33,35). The minimum atomic E-state index is -4.66. The highest BCUT2D eigenvalue weighted by Gasteiger charge is 2.33. The molecule has 1 aliphatic heterocycles. The van der Waals surface area contributed by atoms with Crippen molar-refractivity contribution in [2.24, 2.45) is 0 Å². The van der Waals surface area contributed by atoms with E-state index in [0.29, 0.717) is 10.8 Å². The van der Waals surface area contributed by atoms with Crippen molar-refractivity contribution in [1.82, 2.24) is 20.3 Å². The molecular weight excluding hydrogens is 552 g/mol. The Morgan fingerprint density at radius 1 is 1.08 bits per heavy atom. The fourth-order valence-corrected chi connectivity index (χ4v) is 5.12. The number of nitrogens with one attached hydrogen (secondary N) is 2. The maximum Gasteiger partial charge on any atom is 0.417 e. The predicted molar refractivity (Wildman–Crippen MR) is 136 cm³/mol. The number of benzene rings is 1. The molecule has 4 rings (SSSR count). The summed E-state index contributed by atoms with van der Waals surface area (Å²) < 4.78 is 39.3. The van der Waals surface area contributed by atoms with E-state index in [0.717, 1.165) is 55.8 Å². The summed E-state index contributed by atoms with van der Waals surface area (Å²) in [6.45, 7) is 3.27. The zero-order valence-corrected chi connectivity index (χ0v) is 21.7. The van der Waals surface area contributed by atoms with Crippen molar-refractivity contribution >= 4 is 57.9 Å². The first kappa shape index (κ1) is 27.1. The van der Waals surface area contributed by atoms with Crippen LogP contribution in [0.2, 0.25) is 10.0 Å². The molecule has 1 fully saturated rings. The lowest BCUT2D eigenvalue weighted by atomic mass is 10.1. The van der Waals surface area contributed by atoms with Crippen molar-refractivity contribution in [2.45, 2.75) is 38.4 Å². The van der Waals surface area contributed by atoms with Crippen LogP contribution in [0, 0.1) is 0 Å². The van der Waals surface area contributed by atoms with Crippen molar-refractivity contribution < 1.29 is 22.8 Å². The number of aromatic nitrogens is 3. The fourth-order valence-electron chi connectivity index (χ4n) is 3.78. The molecule has 0 bridgehead atoms. The van der Waals surface area contributed by atoms with Gasteiger partial charge in [-0.05, 0) is 44.4 Å². The van der Waals surface area contributed by atoms with Gasteiger partial charge in [-0.1, -0.05) is 23.2 Å². The normalized spacial score (nSPS) is 14.8. The van der Waals surface area contributed by atoms with Crippen LogP contribution in [0.1, 0.15) is 63.0 Å². The van der Waals surface area contributed by atoms with Crippen LogP contribution < -0.4 is 15.5 Å². The third-order valence-corrected chi connectivity index (χ3v) is 7.49. The molecule has 3 heterocycles. The maximum absolute atomic E-state index is 13.1. The molecule has 1 unspecified atom stereocenters. The summed E-state index contributed by atoms with van der Waals surface area (Å²) in [5, 5.41) is 5.27. The van der Waals surface area contributed by atoms with Gasteiger partial charge in [-0.3, -0.25) is 9.59 Å². The number of carbonyl (C=O) groups excluding carboxylic acids is 2. The van der Waals surface area contributed by atoms with Crippen LogP contribution >= 0.6 is 34.5 Å². The van der Waals surface area contributed by atoms with Gasteiger partial charge in [0.2, 0.25) is 0 Å². The monoisotopic (exact) mass is 572 g/mol. The summed E-state index contributed by atoms with van der Waals surface area (Å²) in [5.41, 5.74) is -1.09. The SMILES string of the molecule is CC(NC(=O)c1ncnc(N2CCCCC2)c1Cl)c1ncc(C(=O)Nc2ccc(Cl)c(C(F)(F)F)c2)s1. The zero-order chi connectivity index (χ0) is 26.7. The van der Waals surface area contributed by atoms with Crippen LogP contribution in [0.3, 0.4) is 0 Å². The Bertz CT molecular complexity index is 1310. The summed E-state index contributed by atoms with van der Waals surface area (Å²) in [4.78, 5) is 40.1. The Morgan fingerprint density at radius 3 is 2.51 bits per heavy atom. The predicted octanol–water partition coefficient (Wildman–Crippen LogP) is 5.99. The first-order chi connectivity index (χ1) is 17.5. The summed E-state index contributed by atoms with van der Waals surface area (Å²) >= 11 is 13.1. The zero-order valence-electron chi connectivity index (χ0n) is 19.4. The molecule has 2 aromatic heterocycles. The molecule has 1 aliphatic rings. The third-order valence-electron chi connectivity index (χ3n) is 5.64. The first-order valence-corrected chi connectivity index (χ1v) is 12.8. The highest BCUT2D eigenvalue weighted by molar-refractivity contribution is 7.13. The number of nitrogens with zero attached hydrogens (tertiary/aromatic N) is 4. The van der Waals surface area contributed by atoms with E-state index in [1.54, 1.807) is 6.92 Å². The van der Waals surface area contributed by atoms with Crippen molar-refractivity contribution in [2.75, 3.05) is 23.3 Å². The second-order valence-corrected chi connectivity index (χ2v) is 10.2. The van der Waals surface area contributed by atoms with E-state index in [-0.39, 0.29) is 21.3 Å². The number of thiazole rings is 1. The second-order valence-electron chi connectivity index (χ2n) is 8.31. The molecule has 8 nitrogen and oxygen atoms in total. The molecule has 2 N–H and O–H groups in total. The molecule has 37 heavy (non-hydrogen) atoms. The Balaban J connectivity index is 1.43. The summed E-state index contributed by atoms with van der Waals surface area (Å²) in [5.74, 6) is -0.666. The van der Waals surface area contributed by atoms with Gasteiger partial charge >= 0.3 is 6.18 Å². The van der Waals surface area contributed by atoms with Crippen molar-refractivity contribution in [3.8, 4) is 0 Å². The lowest BCUT2D eigenvalue weighted by Gasteiger charge is -2.28. The number of anilines is 2. The molecular formula is C23H21Cl2F3N6O2S. The fraction of sp³-hybridized carbons (Fsp3) is 0.348. The van der Waals surface area contributed by atoms with Gasteiger partial charge in [-0.15, -0.1) is 11.3 Å². The van der Waals surface area contributed by atoms with Crippen LogP contribution in [0.5, 0.6) is 0 Å². The molecule has 0 aliphatic carbocycles. The van der Waals surface area contributed by atoms with Gasteiger partial charge in [0.1, 0.15) is 21.2 Å². The van der Waals surface area contributed by atoms with Crippen molar-refractivity contribution in [3.63, 3.8) is 0 Å². The summed E-state index contributed by atoms with van der Waals surface area (Å²) in [7, 11) is 0. The molecule has 2 amide bonds. The van der Waals surface area contributed by atoms with E-state index in [2.05, 4.69) is 25.6 Å². The van der Waals surface area contributed by atoms with Crippen LogP contribution in [0.25, 0.3) is 0 Å². The van der Waals surface area contributed by atoms with E-state index in [1.807, 2.05) is 4.90 Å². The Kier molecular flexibility index (Phi) is 8.20. The molecule has 196 valence electrons. The van der Waals surface area contributed by atoms with Crippen LogP contribution in [0.15, 0.2) is 30.7 Å². The second kappa shape index (κ2) is 11.2. The first-order valence-electron chi connectivity index (χ1n) is 11.2. The van der Waals surface area contributed by atoms with Crippen molar-refractivity contribution in [1.29, 1.82) is 0 Å². The van der Waals surface area contributed by atoms with Gasteiger partial charge in [0.15, 0.2) is 11.5 Å². The molecule has 1 atom stereocenters. The number of carbonyl (C=O) groups is 2. The smallest absolute Gasteiger partial charge is 0.355 e. The molecule has 3 aromatic rings. The average molecular weight is 573 g/mol. The van der Waals surface area contributed by atoms with E-state index in [4.69, 9.17) is 23.2 Å². The largest absolute Gasteiger partial charge is 0.417 e. The minimum Gasteiger partial charge on any atom is -0.355 e. The van der Waals surface area contributed by atoms with Gasteiger partial charge in [0.05, 0.1) is 22.8 Å². The molecule has 14 heteroatoms. The maximum atomic E-state index is 13.1. The summed E-state index contributed by atoms with van der Waals surface area (Å²) in [6.07, 6.45) is 1.07. The quantitative estimate of drug-likeness (QED) is 0.376. The van der Waals surface area contributed by atoms with Gasteiger partial charge in [-0.25, -0.2) is 15.0 Å². The molecule has 1 saturated heterocycles. The number of alkyl halides is 3. The molecule has 0 radical (unpaired) electrons. The molecule has 0 saturated carbocycles. The highest BCUT2D eigenvalue weighted by atomic mass is 35.5. The Hall–Kier alpha value is -2.96. The number of hydrogen-bond acceptors (Lipinski definition) is 7. The number of piperidine rings is 1. The lowest BCUT2D eigenvalue weighted by molar-refractivity contribution is -0.137. The minimum absolute atomic E-state index is 0.0295. The number of halogens is 5. The highest BCUT2D eigenvalue weighted by Crippen LogP contribution is 2.36. The van der Waals surface area contributed by atoms with Gasteiger partial charge in [0, 0.05) is 18.8 Å². The van der Waals surface area contributed by atoms with Crippen molar-refractivity contribution in [3.05, 3.63) is 61.9 Å². The van der Waals surface area contributed by atoms with Gasteiger partial charge in [-0.2, -0.15) is 13.2 Å². The summed E-state index contributed by atoms with van der Waals surface area (Å²) in [6, 6.07) is 2.49. The van der Waals surface area contributed by atoms with E-state index < -0.39 is 34.6 Å². The Morgan fingerprint density at radius 2 is 1.81 bits per heavy atom. The van der Waals surface area contributed by atoms with Gasteiger partial charge < -0.3 is 15.5 Å².